The number of nitrogens with zero attached hydrogens (tertiary/aromatic N) is 2. The van der Waals surface area contributed by atoms with E-state index in [9.17, 15) is 14.7 Å². The van der Waals surface area contributed by atoms with Crippen LogP contribution in [0.2, 0.25) is 0 Å². The zero-order chi connectivity index (χ0) is 13.9. The van der Waals surface area contributed by atoms with Gasteiger partial charge in [0, 0.05) is 19.3 Å². The molecule has 0 spiro atoms. The van der Waals surface area contributed by atoms with E-state index < -0.39 is 18.1 Å². The second kappa shape index (κ2) is 6.29. The van der Waals surface area contributed by atoms with Crippen molar-refractivity contribution >= 4 is 23.8 Å². The number of aliphatic hydroxyl groups is 1. The number of carboxylic acids is 1. The molecule has 0 aliphatic carbocycles. The van der Waals surface area contributed by atoms with E-state index in [1.807, 2.05) is 6.92 Å². The van der Waals surface area contributed by atoms with Gasteiger partial charge in [0.25, 0.3) is 0 Å². The van der Waals surface area contributed by atoms with Gasteiger partial charge in [-0.1, -0.05) is 6.92 Å². The summed E-state index contributed by atoms with van der Waals surface area (Å²) in [5, 5.41) is 18.3. The van der Waals surface area contributed by atoms with Crippen molar-refractivity contribution in [3.05, 3.63) is 0 Å². The Morgan fingerprint density at radius 1 is 1.56 bits per heavy atom. The van der Waals surface area contributed by atoms with Crippen LogP contribution in [0, 0.1) is 0 Å². The van der Waals surface area contributed by atoms with Crippen LogP contribution in [0.1, 0.15) is 20.3 Å². The molecule has 2 amide bonds. The highest BCUT2D eigenvalue weighted by molar-refractivity contribution is 8.00. The van der Waals surface area contributed by atoms with Crippen molar-refractivity contribution < 1.29 is 19.8 Å². The number of thioether (sulfide) groups is 1. The predicted octanol–water partition coefficient (Wildman–Crippen LogP) is 0.657. The number of hydrogen-bond donors (Lipinski definition) is 2. The van der Waals surface area contributed by atoms with E-state index in [2.05, 4.69) is 0 Å². The van der Waals surface area contributed by atoms with Crippen molar-refractivity contribution in [1.29, 1.82) is 0 Å². The minimum Gasteiger partial charge on any atom is -0.480 e. The fraction of sp³-hybridized carbons (Fsp3) is 0.818. The van der Waals surface area contributed by atoms with E-state index in [1.165, 1.54) is 21.6 Å². The van der Waals surface area contributed by atoms with E-state index in [1.54, 1.807) is 14.0 Å². The summed E-state index contributed by atoms with van der Waals surface area (Å²) in [6.07, 6.45) is 0.0838. The van der Waals surface area contributed by atoms with Crippen LogP contribution in [0.4, 0.5) is 4.79 Å². The van der Waals surface area contributed by atoms with Crippen molar-refractivity contribution in [2.75, 3.05) is 19.3 Å². The third kappa shape index (κ3) is 3.29. The number of rotatable bonds is 4. The summed E-state index contributed by atoms with van der Waals surface area (Å²) < 4.78 is 0. The number of carbonyl (C=O) groups is 2. The van der Waals surface area contributed by atoms with E-state index in [0.29, 0.717) is 12.2 Å². The molecule has 104 valence electrons. The van der Waals surface area contributed by atoms with Gasteiger partial charge in [-0.3, -0.25) is 4.90 Å². The lowest BCUT2D eigenvalue weighted by atomic mass is 10.2. The normalized spacial score (nSPS) is 25.0. The lowest BCUT2D eigenvalue weighted by Gasteiger charge is -2.31. The standard InChI is InChI=1S/C11H20N2O4S/c1-4-9-13(8(6-18-9)10(15)16)11(17)12(3)5-7(2)14/h7-9,14H,4-6H2,1-3H3,(H,15,16). The largest absolute Gasteiger partial charge is 0.480 e. The van der Waals surface area contributed by atoms with Crippen LogP contribution in [0.3, 0.4) is 0 Å². The van der Waals surface area contributed by atoms with Crippen molar-refractivity contribution in [1.82, 2.24) is 9.80 Å². The highest BCUT2D eigenvalue weighted by atomic mass is 32.2. The molecule has 1 heterocycles. The van der Waals surface area contributed by atoms with Crippen LogP contribution in [-0.4, -0.2) is 68.9 Å². The van der Waals surface area contributed by atoms with Crippen molar-refractivity contribution in [3.8, 4) is 0 Å². The minimum atomic E-state index is -0.975. The second-order valence-electron chi connectivity index (χ2n) is 4.47. The van der Waals surface area contributed by atoms with Gasteiger partial charge < -0.3 is 15.1 Å². The fourth-order valence-corrected chi connectivity index (χ4v) is 3.34. The number of amides is 2. The van der Waals surface area contributed by atoms with Crippen molar-refractivity contribution in [3.63, 3.8) is 0 Å². The molecule has 1 rings (SSSR count). The fourth-order valence-electron chi connectivity index (χ4n) is 2.00. The first kappa shape index (κ1) is 15.1. The van der Waals surface area contributed by atoms with E-state index in [-0.39, 0.29) is 17.9 Å². The average molecular weight is 276 g/mol. The molecular formula is C11H20N2O4S. The van der Waals surface area contributed by atoms with Gasteiger partial charge in [0.2, 0.25) is 0 Å². The SMILES string of the molecule is CCC1SCC(C(=O)O)N1C(=O)N(C)CC(C)O. The zero-order valence-electron chi connectivity index (χ0n) is 10.9. The molecular weight excluding hydrogens is 256 g/mol. The van der Waals surface area contributed by atoms with Crippen LogP contribution >= 0.6 is 11.8 Å². The van der Waals surface area contributed by atoms with Gasteiger partial charge >= 0.3 is 12.0 Å². The van der Waals surface area contributed by atoms with Gasteiger partial charge in [0.15, 0.2) is 0 Å². The van der Waals surface area contributed by atoms with E-state index >= 15 is 0 Å². The molecule has 18 heavy (non-hydrogen) atoms. The molecule has 0 aromatic rings. The summed E-state index contributed by atoms with van der Waals surface area (Å²) in [6, 6.07) is -1.11. The molecule has 2 N–H and O–H groups in total. The Hall–Kier alpha value is -0.950. The lowest BCUT2D eigenvalue weighted by molar-refractivity contribution is -0.141. The Morgan fingerprint density at radius 2 is 2.17 bits per heavy atom. The van der Waals surface area contributed by atoms with Crippen LogP contribution in [-0.2, 0) is 4.79 Å². The zero-order valence-corrected chi connectivity index (χ0v) is 11.7. The van der Waals surface area contributed by atoms with Gasteiger partial charge in [-0.05, 0) is 13.3 Å². The molecule has 0 radical (unpaired) electrons. The Balaban J connectivity index is 2.81. The molecule has 0 saturated carbocycles. The quantitative estimate of drug-likeness (QED) is 0.788. The molecule has 3 atom stereocenters. The van der Waals surface area contributed by atoms with Gasteiger partial charge in [0.05, 0.1) is 11.5 Å². The van der Waals surface area contributed by atoms with Gasteiger partial charge in [0.1, 0.15) is 6.04 Å². The van der Waals surface area contributed by atoms with Gasteiger partial charge in [-0.2, -0.15) is 0 Å². The lowest BCUT2D eigenvalue weighted by Crippen LogP contribution is -2.51. The number of hydrogen-bond acceptors (Lipinski definition) is 4. The predicted molar refractivity (Wildman–Crippen MR) is 69.5 cm³/mol. The Morgan fingerprint density at radius 3 is 2.61 bits per heavy atom. The monoisotopic (exact) mass is 276 g/mol. The average Bonchev–Trinajstić information content (AvgIpc) is 2.70. The molecule has 0 aromatic heterocycles. The third-order valence-corrected chi connectivity index (χ3v) is 4.27. The number of urea groups is 1. The van der Waals surface area contributed by atoms with E-state index in [4.69, 9.17) is 5.11 Å². The highest BCUT2D eigenvalue weighted by Gasteiger charge is 2.41. The topological polar surface area (TPSA) is 81.1 Å². The molecule has 0 bridgehead atoms. The molecule has 6 nitrogen and oxygen atoms in total. The first-order chi connectivity index (χ1) is 8.38. The number of likely N-dealkylation sites (N-methyl/N-ethyl adjacent to an activating group) is 1. The molecule has 3 unspecified atom stereocenters. The number of carboxylic acid groups (broad SMARTS) is 1. The maximum Gasteiger partial charge on any atom is 0.327 e. The Kier molecular flexibility index (Phi) is 5.28. The minimum absolute atomic E-state index is 0.102. The smallest absolute Gasteiger partial charge is 0.327 e. The van der Waals surface area contributed by atoms with E-state index in [0.717, 1.165) is 0 Å². The Bertz CT molecular complexity index is 324. The molecule has 7 heteroatoms. The summed E-state index contributed by atoms with van der Waals surface area (Å²) >= 11 is 1.49. The van der Waals surface area contributed by atoms with Crippen LogP contribution in [0.25, 0.3) is 0 Å². The van der Waals surface area contributed by atoms with Gasteiger partial charge in [-0.25, -0.2) is 9.59 Å². The van der Waals surface area contributed by atoms with Crippen molar-refractivity contribution in [2.24, 2.45) is 0 Å². The van der Waals surface area contributed by atoms with Crippen LogP contribution in [0.5, 0.6) is 0 Å². The Labute approximate surface area is 111 Å². The highest BCUT2D eigenvalue weighted by Crippen LogP contribution is 2.32. The molecule has 1 fully saturated rings. The number of aliphatic hydroxyl groups excluding tert-OH is 1. The van der Waals surface area contributed by atoms with Crippen molar-refractivity contribution in [2.45, 2.75) is 37.8 Å². The van der Waals surface area contributed by atoms with Crippen LogP contribution < -0.4 is 0 Å². The second-order valence-corrected chi connectivity index (χ2v) is 5.68. The maximum atomic E-state index is 12.2. The summed E-state index contributed by atoms with van der Waals surface area (Å²) in [6.45, 7) is 3.72. The van der Waals surface area contributed by atoms with Gasteiger partial charge in [-0.15, -0.1) is 11.8 Å². The molecule has 1 aliphatic rings. The molecule has 0 aromatic carbocycles. The number of carbonyl (C=O) groups excluding carboxylic acids is 1. The summed E-state index contributed by atoms with van der Waals surface area (Å²) in [5.74, 6) is -0.556. The third-order valence-electron chi connectivity index (χ3n) is 2.81. The summed E-state index contributed by atoms with van der Waals surface area (Å²) in [4.78, 5) is 26.2. The maximum absolute atomic E-state index is 12.2. The van der Waals surface area contributed by atoms with Crippen LogP contribution in [0.15, 0.2) is 0 Å². The summed E-state index contributed by atoms with van der Waals surface area (Å²) in [7, 11) is 1.57. The molecule has 1 aliphatic heterocycles. The first-order valence-corrected chi connectivity index (χ1v) is 6.99. The number of aliphatic carboxylic acids is 1. The first-order valence-electron chi connectivity index (χ1n) is 5.94. The molecule has 1 saturated heterocycles. The summed E-state index contributed by atoms with van der Waals surface area (Å²) in [5.41, 5.74) is 0.